The Kier molecular flexibility index (Phi) is 4.95. The lowest BCUT2D eigenvalue weighted by Crippen LogP contribution is -1.97. The van der Waals surface area contributed by atoms with Crippen LogP contribution in [0.2, 0.25) is 0 Å². The first-order chi connectivity index (χ1) is 13.0. The van der Waals surface area contributed by atoms with Crippen molar-refractivity contribution in [3.05, 3.63) is 76.2 Å². The van der Waals surface area contributed by atoms with Crippen LogP contribution < -0.4 is 9.47 Å². The highest BCUT2D eigenvalue weighted by Crippen LogP contribution is 2.39. The molecule has 0 aliphatic rings. The zero-order chi connectivity index (χ0) is 19.4. The van der Waals surface area contributed by atoms with E-state index in [1.165, 1.54) is 31.4 Å². The maximum atomic E-state index is 15.1. The minimum atomic E-state index is -0.692. The van der Waals surface area contributed by atoms with Crippen LogP contribution >= 0.6 is 0 Å². The van der Waals surface area contributed by atoms with Gasteiger partial charge in [-0.2, -0.15) is 5.26 Å². The molecule has 0 saturated carbocycles. The van der Waals surface area contributed by atoms with E-state index in [0.29, 0.717) is 11.1 Å². The molecular weight excluding hydrogens is 353 g/mol. The number of ether oxygens (including phenoxy) is 2. The second-order valence-corrected chi connectivity index (χ2v) is 5.36. The lowest BCUT2D eigenvalue weighted by Gasteiger charge is -2.13. The number of rotatable bonds is 5. The number of hydrogen-bond acceptors (Lipinski definition) is 6. The summed E-state index contributed by atoms with van der Waals surface area (Å²) in [5.74, 6) is -0.726. The van der Waals surface area contributed by atoms with Gasteiger partial charge in [0.2, 0.25) is 0 Å². The Hall–Kier alpha value is -3.99. The third-order valence-electron chi connectivity index (χ3n) is 3.70. The summed E-state index contributed by atoms with van der Waals surface area (Å²) in [4.78, 5) is 13.6. The molecule has 0 bridgehead atoms. The molecule has 0 saturated heterocycles. The quantitative estimate of drug-likeness (QED) is 0.489. The fourth-order valence-electron chi connectivity index (χ4n) is 2.47. The van der Waals surface area contributed by atoms with E-state index in [0.717, 1.165) is 12.3 Å². The molecule has 1 heterocycles. The van der Waals surface area contributed by atoms with Gasteiger partial charge in [0.25, 0.3) is 0 Å². The van der Waals surface area contributed by atoms with E-state index in [4.69, 9.17) is 14.7 Å². The van der Waals surface area contributed by atoms with E-state index in [2.05, 4.69) is 4.98 Å². The van der Waals surface area contributed by atoms with E-state index in [1.54, 1.807) is 18.2 Å². The largest absolute Gasteiger partial charge is 0.496 e. The number of nitro groups is 1. The van der Waals surface area contributed by atoms with Crippen molar-refractivity contribution in [2.24, 2.45) is 0 Å². The molecule has 8 heteroatoms. The molecule has 0 atom stereocenters. The van der Waals surface area contributed by atoms with Gasteiger partial charge in [-0.05, 0) is 45.8 Å². The van der Waals surface area contributed by atoms with Gasteiger partial charge in [0.05, 0.1) is 24.3 Å². The van der Waals surface area contributed by atoms with Crippen molar-refractivity contribution in [1.29, 1.82) is 5.26 Å². The molecule has 7 nitrogen and oxygen atoms in total. The van der Waals surface area contributed by atoms with Crippen molar-refractivity contribution in [3.63, 3.8) is 0 Å². The van der Waals surface area contributed by atoms with Crippen molar-refractivity contribution >= 4 is 5.82 Å². The molecule has 3 rings (SSSR count). The SMILES string of the molecule is COc1ccc(Oc2ccc([N+](=O)[O-])nc2)c(F)c1-c1cccc(C#N)c1. The van der Waals surface area contributed by atoms with Crippen LogP contribution in [0.25, 0.3) is 11.1 Å². The van der Waals surface area contributed by atoms with Crippen molar-refractivity contribution in [2.45, 2.75) is 0 Å². The van der Waals surface area contributed by atoms with Crippen LogP contribution in [0.1, 0.15) is 5.56 Å². The van der Waals surface area contributed by atoms with Gasteiger partial charge in [-0.25, -0.2) is 4.39 Å². The average molecular weight is 365 g/mol. The van der Waals surface area contributed by atoms with E-state index in [1.807, 2.05) is 6.07 Å². The van der Waals surface area contributed by atoms with Crippen molar-refractivity contribution in [2.75, 3.05) is 7.11 Å². The van der Waals surface area contributed by atoms with E-state index in [9.17, 15) is 10.1 Å². The Morgan fingerprint density at radius 2 is 1.96 bits per heavy atom. The van der Waals surface area contributed by atoms with Crippen LogP contribution in [0.5, 0.6) is 17.2 Å². The number of halogens is 1. The van der Waals surface area contributed by atoms with Crippen LogP contribution in [0, 0.1) is 27.3 Å². The van der Waals surface area contributed by atoms with Gasteiger partial charge in [0, 0.05) is 6.07 Å². The summed E-state index contributed by atoms with van der Waals surface area (Å²) in [6.45, 7) is 0. The molecule has 134 valence electrons. The number of pyridine rings is 1. The van der Waals surface area contributed by atoms with E-state index >= 15 is 4.39 Å². The average Bonchev–Trinajstić information content (AvgIpc) is 2.69. The van der Waals surface area contributed by atoms with E-state index in [-0.39, 0.29) is 28.6 Å². The lowest BCUT2D eigenvalue weighted by atomic mass is 10.0. The molecule has 0 radical (unpaired) electrons. The van der Waals surface area contributed by atoms with Gasteiger partial charge in [0.1, 0.15) is 5.75 Å². The highest BCUT2D eigenvalue weighted by molar-refractivity contribution is 5.74. The molecule has 27 heavy (non-hydrogen) atoms. The van der Waals surface area contributed by atoms with Crippen LogP contribution in [0.4, 0.5) is 10.2 Å². The monoisotopic (exact) mass is 365 g/mol. The molecule has 0 aliphatic heterocycles. The molecular formula is C19H12FN3O4. The van der Waals surface area contributed by atoms with Crippen molar-refractivity contribution in [3.8, 4) is 34.4 Å². The third-order valence-corrected chi connectivity index (χ3v) is 3.70. The summed E-state index contributed by atoms with van der Waals surface area (Å²) < 4.78 is 25.8. The van der Waals surface area contributed by atoms with E-state index < -0.39 is 10.7 Å². The normalized spacial score (nSPS) is 10.1. The Morgan fingerprint density at radius 3 is 2.59 bits per heavy atom. The zero-order valence-corrected chi connectivity index (χ0v) is 14.0. The Morgan fingerprint density at radius 1 is 1.19 bits per heavy atom. The standard InChI is InChI=1S/C19H12FN3O4/c1-26-15-6-7-16(27-14-5-8-17(22-11-14)23(24)25)19(20)18(15)13-4-2-3-12(9-13)10-21/h2-9,11H,1H3. The molecule has 0 aliphatic carbocycles. The first-order valence-electron chi connectivity index (χ1n) is 7.69. The smallest absolute Gasteiger partial charge is 0.363 e. The highest BCUT2D eigenvalue weighted by Gasteiger charge is 2.19. The van der Waals surface area contributed by atoms with Crippen LogP contribution in [-0.2, 0) is 0 Å². The highest BCUT2D eigenvalue weighted by atomic mass is 19.1. The Balaban J connectivity index is 2.02. The maximum absolute atomic E-state index is 15.1. The summed E-state index contributed by atoms with van der Waals surface area (Å²) in [5, 5.41) is 19.7. The predicted octanol–water partition coefficient (Wildman–Crippen LogP) is 4.47. The van der Waals surface area contributed by atoms with Gasteiger partial charge in [-0.3, -0.25) is 0 Å². The fourth-order valence-corrected chi connectivity index (χ4v) is 2.47. The van der Waals surface area contributed by atoms with Gasteiger partial charge in [0.15, 0.2) is 23.5 Å². The fraction of sp³-hybridized carbons (Fsp3) is 0.0526. The number of nitriles is 1. The summed E-state index contributed by atoms with van der Waals surface area (Å²) in [6.07, 6.45) is 1.14. The summed E-state index contributed by atoms with van der Waals surface area (Å²) >= 11 is 0. The summed E-state index contributed by atoms with van der Waals surface area (Å²) in [5.41, 5.74) is 0.970. The molecule has 0 N–H and O–H groups in total. The number of benzene rings is 2. The predicted molar refractivity (Wildman–Crippen MR) is 94.1 cm³/mol. The van der Waals surface area contributed by atoms with Gasteiger partial charge in [-0.15, -0.1) is 0 Å². The summed E-state index contributed by atoms with van der Waals surface area (Å²) in [6, 6.07) is 13.8. The van der Waals surface area contributed by atoms with Crippen LogP contribution in [0.3, 0.4) is 0 Å². The van der Waals surface area contributed by atoms with Crippen molar-refractivity contribution < 1.29 is 18.8 Å². The Bertz CT molecular complexity index is 1050. The summed E-state index contributed by atoms with van der Waals surface area (Å²) in [7, 11) is 1.41. The molecule has 0 fully saturated rings. The molecule has 2 aromatic carbocycles. The van der Waals surface area contributed by atoms with Gasteiger partial charge < -0.3 is 19.6 Å². The van der Waals surface area contributed by atoms with Gasteiger partial charge >= 0.3 is 5.82 Å². The molecule has 0 amide bonds. The van der Waals surface area contributed by atoms with Gasteiger partial charge in [-0.1, -0.05) is 12.1 Å². The van der Waals surface area contributed by atoms with Crippen LogP contribution in [0.15, 0.2) is 54.7 Å². The number of methoxy groups -OCH3 is 1. The Labute approximate surface area is 153 Å². The number of hydrogen-bond donors (Lipinski definition) is 0. The molecule has 3 aromatic rings. The third kappa shape index (κ3) is 3.67. The first kappa shape index (κ1) is 17.8. The maximum Gasteiger partial charge on any atom is 0.363 e. The van der Waals surface area contributed by atoms with Crippen molar-refractivity contribution in [1.82, 2.24) is 4.98 Å². The zero-order valence-electron chi connectivity index (χ0n) is 14.0. The first-order valence-corrected chi connectivity index (χ1v) is 7.69. The molecule has 0 spiro atoms. The second-order valence-electron chi connectivity index (χ2n) is 5.36. The second kappa shape index (κ2) is 7.49. The molecule has 1 aromatic heterocycles. The number of nitrogens with zero attached hydrogens (tertiary/aromatic N) is 3. The number of aromatic nitrogens is 1. The molecule has 0 unspecified atom stereocenters. The minimum Gasteiger partial charge on any atom is -0.496 e. The topological polar surface area (TPSA) is 98.3 Å². The lowest BCUT2D eigenvalue weighted by molar-refractivity contribution is -0.389. The van der Waals surface area contributed by atoms with Crippen LogP contribution in [-0.4, -0.2) is 17.0 Å². The minimum absolute atomic E-state index is 0.108.